The molecule has 1 heterocycles. The number of nitrogens with one attached hydrogen (secondary N) is 1. The van der Waals surface area contributed by atoms with E-state index in [-0.39, 0.29) is 0 Å². The molecule has 2 atom stereocenters. The molecule has 1 N–H and O–H groups in total. The highest BCUT2D eigenvalue weighted by atomic mass is 16.5. The summed E-state index contributed by atoms with van der Waals surface area (Å²) in [5.74, 6) is 0.731. The van der Waals surface area contributed by atoms with Gasteiger partial charge in [-0.1, -0.05) is 13.3 Å². The minimum Gasteiger partial charge on any atom is -0.380 e. The molecule has 0 spiro atoms. The fraction of sp³-hybridized carbons (Fsp3) is 1.00. The molecule has 3 heteroatoms. The molecule has 3 nitrogen and oxygen atoms in total. The summed E-state index contributed by atoms with van der Waals surface area (Å²) >= 11 is 0. The first-order valence-corrected chi connectivity index (χ1v) is 7.78. The van der Waals surface area contributed by atoms with Gasteiger partial charge in [0.05, 0.1) is 6.10 Å². The van der Waals surface area contributed by atoms with Crippen molar-refractivity contribution in [3.05, 3.63) is 0 Å². The second kappa shape index (κ2) is 7.46. The summed E-state index contributed by atoms with van der Waals surface area (Å²) in [5.41, 5.74) is 0. The number of methoxy groups -OCH3 is 1. The Labute approximate surface area is 112 Å². The zero-order valence-corrected chi connectivity index (χ0v) is 12.2. The van der Waals surface area contributed by atoms with Crippen LogP contribution < -0.4 is 5.32 Å². The van der Waals surface area contributed by atoms with Gasteiger partial charge in [-0.2, -0.15) is 0 Å². The second-order valence-corrected chi connectivity index (χ2v) is 6.13. The monoisotopic (exact) mass is 254 g/mol. The van der Waals surface area contributed by atoms with Crippen LogP contribution in [0.5, 0.6) is 0 Å². The number of rotatable bonds is 8. The van der Waals surface area contributed by atoms with Crippen LogP contribution in [0.25, 0.3) is 0 Å². The van der Waals surface area contributed by atoms with Crippen LogP contribution in [0.15, 0.2) is 0 Å². The topological polar surface area (TPSA) is 24.5 Å². The lowest BCUT2D eigenvalue weighted by Crippen LogP contribution is -2.44. The maximum Gasteiger partial charge on any atom is 0.0724 e. The summed E-state index contributed by atoms with van der Waals surface area (Å²) < 4.78 is 5.56. The first kappa shape index (κ1) is 14.3. The Bertz CT molecular complexity index is 231. The molecular weight excluding hydrogens is 224 g/mol. The minimum atomic E-state index is 0.454. The van der Waals surface area contributed by atoms with Crippen molar-refractivity contribution in [2.75, 3.05) is 33.3 Å². The highest BCUT2D eigenvalue weighted by Crippen LogP contribution is 2.20. The predicted octanol–water partition coefficient (Wildman–Crippen LogP) is 2.27. The lowest BCUT2D eigenvalue weighted by atomic mass is 9.95. The minimum absolute atomic E-state index is 0.454. The number of hydrogen-bond donors (Lipinski definition) is 1. The molecular formula is C15H30N2O. The zero-order chi connectivity index (χ0) is 12.8. The Kier molecular flexibility index (Phi) is 5.93. The third-order valence-electron chi connectivity index (χ3n) is 4.44. The molecule has 0 aromatic heterocycles. The van der Waals surface area contributed by atoms with Crippen molar-refractivity contribution < 1.29 is 4.74 Å². The van der Waals surface area contributed by atoms with Gasteiger partial charge >= 0.3 is 0 Å². The average Bonchev–Trinajstić information content (AvgIpc) is 3.19. The van der Waals surface area contributed by atoms with E-state index < -0.39 is 0 Å². The van der Waals surface area contributed by atoms with E-state index >= 15 is 0 Å². The number of unbranched alkanes of at least 4 members (excludes halogenated alkanes) is 2. The predicted molar refractivity (Wildman–Crippen MR) is 75.9 cm³/mol. The van der Waals surface area contributed by atoms with E-state index in [0.29, 0.717) is 6.10 Å². The van der Waals surface area contributed by atoms with Gasteiger partial charge in [-0.15, -0.1) is 0 Å². The maximum absolute atomic E-state index is 5.56. The molecule has 1 aliphatic carbocycles. The van der Waals surface area contributed by atoms with Gasteiger partial charge in [-0.3, -0.25) is 0 Å². The van der Waals surface area contributed by atoms with Gasteiger partial charge in [0, 0.05) is 19.7 Å². The average molecular weight is 254 g/mol. The summed E-state index contributed by atoms with van der Waals surface area (Å²) in [5, 5.41) is 3.58. The summed E-state index contributed by atoms with van der Waals surface area (Å²) in [6.45, 7) is 7.20. The molecule has 106 valence electrons. The van der Waals surface area contributed by atoms with Crippen LogP contribution in [0.1, 0.15) is 45.4 Å². The molecule has 0 bridgehead atoms. The van der Waals surface area contributed by atoms with Crippen LogP contribution in [0.3, 0.4) is 0 Å². The van der Waals surface area contributed by atoms with E-state index in [0.717, 1.165) is 18.5 Å². The SMILES string of the molecule is COC1CN(CCCCCNC2CC2)CCC1C. The molecule has 0 aromatic carbocycles. The molecule has 18 heavy (non-hydrogen) atoms. The third kappa shape index (κ3) is 4.87. The van der Waals surface area contributed by atoms with Crippen LogP contribution in [0, 0.1) is 5.92 Å². The molecule has 2 fully saturated rings. The van der Waals surface area contributed by atoms with E-state index in [1.807, 2.05) is 7.11 Å². The van der Waals surface area contributed by atoms with E-state index in [2.05, 4.69) is 17.1 Å². The highest BCUT2D eigenvalue weighted by molar-refractivity contribution is 4.80. The summed E-state index contributed by atoms with van der Waals surface area (Å²) in [7, 11) is 1.86. The molecule has 2 unspecified atom stereocenters. The van der Waals surface area contributed by atoms with E-state index in [1.54, 1.807) is 0 Å². The smallest absolute Gasteiger partial charge is 0.0724 e. The van der Waals surface area contributed by atoms with Crippen molar-refractivity contribution in [3.63, 3.8) is 0 Å². The molecule has 0 amide bonds. The number of ether oxygens (including phenoxy) is 1. The van der Waals surface area contributed by atoms with Gasteiger partial charge in [-0.05, 0) is 57.7 Å². The summed E-state index contributed by atoms with van der Waals surface area (Å²) in [6.07, 6.45) is 8.61. The van der Waals surface area contributed by atoms with Crippen molar-refractivity contribution in [1.29, 1.82) is 0 Å². The molecule has 1 saturated heterocycles. The van der Waals surface area contributed by atoms with E-state index in [9.17, 15) is 0 Å². The van der Waals surface area contributed by atoms with Gasteiger partial charge in [0.2, 0.25) is 0 Å². The summed E-state index contributed by atoms with van der Waals surface area (Å²) in [4.78, 5) is 2.59. The van der Waals surface area contributed by atoms with E-state index in [1.165, 1.54) is 58.2 Å². The molecule has 2 rings (SSSR count). The quantitative estimate of drug-likeness (QED) is 0.673. The van der Waals surface area contributed by atoms with Gasteiger partial charge < -0.3 is 15.0 Å². The van der Waals surface area contributed by atoms with Gasteiger partial charge in [0.25, 0.3) is 0 Å². The van der Waals surface area contributed by atoms with Crippen LogP contribution in [-0.2, 0) is 4.74 Å². The molecule has 1 aliphatic heterocycles. The first-order chi connectivity index (χ1) is 8.79. The van der Waals surface area contributed by atoms with E-state index in [4.69, 9.17) is 4.74 Å². The lowest BCUT2D eigenvalue weighted by Gasteiger charge is -2.36. The van der Waals surface area contributed by atoms with Gasteiger partial charge in [-0.25, -0.2) is 0 Å². The lowest BCUT2D eigenvalue weighted by molar-refractivity contribution is -0.00525. The zero-order valence-electron chi connectivity index (χ0n) is 12.2. The molecule has 2 aliphatic rings. The van der Waals surface area contributed by atoms with Crippen molar-refractivity contribution in [1.82, 2.24) is 10.2 Å². The highest BCUT2D eigenvalue weighted by Gasteiger charge is 2.25. The van der Waals surface area contributed by atoms with Crippen LogP contribution >= 0.6 is 0 Å². The van der Waals surface area contributed by atoms with Crippen molar-refractivity contribution >= 4 is 0 Å². The fourth-order valence-corrected chi connectivity index (χ4v) is 2.84. The Balaban J connectivity index is 1.47. The van der Waals surface area contributed by atoms with Gasteiger partial charge in [0.15, 0.2) is 0 Å². The number of nitrogens with zero attached hydrogens (tertiary/aromatic N) is 1. The molecule has 0 radical (unpaired) electrons. The van der Waals surface area contributed by atoms with Crippen LogP contribution in [0.2, 0.25) is 0 Å². The largest absolute Gasteiger partial charge is 0.380 e. The first-order valence-electron chi connectivity index (χ1n) is 7.78. The van der Waals surface area contributed by atoms with Crippen molar-refractivity contribution in [2.45, 2.75) is 57.6 Å². The Morgan fingerprint density at radius 1 is 1.17 bits per heavy atom. The Morgan fingerprint density at radius 3 is 2.72 bits per heavy atom. The maximum atomic E-state index is 5.56. The molecule has 0 aromatic rings. The molecule has 1 saturated carbocycles. The summed E-state index contributed by atoms with van der Waals surface area (Å²) in [6, 6.07) is 0.871. The normalized spacial score (nSPS) is 29.7. The Hall–Kier alpha value is -0.120. The van der Waals surface area contributed by atoms with Crippen LogP contribution in [-0.4, -0.2) is 50.3 Å². The second-order valence-electron chi connectivity index (χ2n) is 6.13. The van der Waals surface area contributed by atoms with Crippen molar-refractivity contribution in [2.24, 2.45) is 5.92 Å². The number of hydrogen-bond acceptors (Lipinski definition) is 3. The third-order valence-corrected chi connectivity index (χ3v) is 4.44. The Morgan fingerprint density at radius 2 is 2.00 bits per heavy atom. The van der Waals surface area contributed by atoms with Gasteiger partial charge in [0.1, 0.15) is 0 Å². The van der Waals surface area contributed by atoms with Crippen LogP contribution in [0.4, 0.5) is 0 Å². The standard InChI is InChI=1S/C15H30N2O/c1-13-8-11-17(12-15(13)18-2)10-5-3-4-9-16-14-6-7-14/h13-16H,3-12H2,1-2H3. The fourth-order valence-electron chi connectivity index (χ4n) is 2.84. The number of piperidine rings is 1. The van der Waals surface area contributed by atoms with Crippen molar-refractivity contribution in [3.8, 4) is 0 Å². The number of likely N-dealkylation sites (tertiary alicyclic amines) is 1.